The summed E-state index contributed by atoms with van der Waals surface area (Å²) in [6.07, 6.45) is 4.98. The van der Waals surface area contributed by atoms with Crippen molar-refractivity contribution >= 4 is 33.6 Å². The average Bonchev–Trinajstić information content (AvgIpc) is 2.28. The molecular weight excluding hydrogens is 288 g/mol. The van der Waals surface area contributed by atoms with E-state index in [2.05, 4.69) is 32.5 Å². The molecule has 17 heavy (non-hydrogen) atoms. The van der Waals surface area contributed by atoms with Crippen LogP contribution in [0, 0.1) is 12.3 Å². The number of aromatic carboxylic acids is 1. The SMILES string of the molecule is C#CCNC(=O)Nc1ccc(Br)c(C(=O)O)c1. The van der Waals surface area contributed by atoms with Crippen LogP contribution in [0.15, 0.2) is 22.7 Å². The molecule has 0 aromatic heterocycles. The van der Waals surface area contributed by atoms with Gasteiger partial charge in [-0.1, -0.05) is 5.92 Å². The number of hydrogen-bond donors (Lipinski definition) is 3. The van der Waals surface area contributed by atoms with Gasteiger partial charge in [0.2, 0.25) is 0 Å². The van der Waals surface area contributed by atoms with Crippen LogP contribution < -0.4 is 10.6 Å². The smallest absolute Gasteiger partial charge is 0.336 e. The maximum absolute atomic E-state index is 11.3. The minimum atomic E-state index is -1.08. The number of amides is 2. The van der Waals surface area contributed by atoms with Gasteiger partial charge in [-0.05, 0) is 34.1 Å². The van der Waals surface area contributed by atoms with Crippen molar-refractivity contribution in [2.45, 2.75) is 0 Å². The molecule has 0 heterocycles. The number of carboxylic acids is 1. The van der Waals surface area contributed by atoms with Gasteiger partial charge in [-0.3, -0.25) is 0 Å². The highest BCUT2D eigenvalue weighted by Crippen LogP contribution is 2.21. The van der Waals surface area contributed by atoms with Crippen LogP contribution in [0.25, 0.3) is 0 Å². The second-order valence-electron chi connectivity index (χ2n) is 3.01. The molecule has 0 atom stereocenters. The minimum absolute atomic E-state index is 0.0692. The summed E-state index contributed by atoms with van der Waals surface area (Å²) >= 11 is 3.10. The van der Waals surface area contributed by atoms with E-state index in [0.29, 0.717) is 10.2 Å². The van der Waals surface area contributed by atoms with E-state index in [1.165, 1.54) is 6.07 Å². The van der Waals surface area contributed by atoms with Gasteiger partial charge in [0.25, 0.3) is 0 Å². The van der Waals surface area contributed by atoms with Crippen LogP contribution in [-0.4, -0.2) is 23.7 Å². The molecule has 5 nitrogen and oxygen atoms in total. The van der Waals surface area contributed by atoms with Crippen LogP contribution in [0.3, 0.4) is 0 Å². The summed E-state index contributed by atoms with van der Waals surface area (Å²) in [7, 11) is 0. The molecule has 0 radical (unpaired) electrons. The van der Waals surface area contributed by atoms with E-state index in [-0.39, 0.29) is 12.1 Å². The van der Waals surface area contributed by atoms with Gasteiger partial charge in [0.15, 0.2) is 0 Å². The topological polar surface area (TPSA) is 78.4 Å². The molecule has 0 saturated carbocycles. The first-order valence-electron chi connectivity index (χ1n) is 4.55. The van der Waals surface area contributed by atoms with Gasteiger partial charge in [-0.15, -0.1) is 6.42 Å². The van der Waals surface area contributed by atoms with Gasteiger partial charge in [0.05, 0.1) is 12.1 Å². The first-order chi connectivity index (χ1) is 8.04. The van der Waals surface area contributed by atoms with Crippen molar-refractivity contribution in [1.29, 1.82) is 0 Å². The highest BCUT2D eigenvalue weighted by Gasteiger charge is 2.10. The van der Waals surface area contributed by atoms with Gasteiger partial charge in [0, 0.05) is 10.2 Å². The Labute approximate surface area is 106 Å². The Balaban J connectivity index is 2.80. The first kappa shape index (κ1) is 13.1. The fraction of sp³-hybridized carbons (Fsp3) is 0.0909. The van der Waals surface area contributed by atoms with Crippen LogP contribution in [-0.2, 0) is 0 Å². The van der Waals surface area contributed by atoms with E-state index >= 15 is 0 Å². The van der Waals surface area contributed by atoms with Crippen LogP contribution in [0.4, 0.5) is 10.5 Å². The lowest BCUT2D eigenvalue weighted by Gasteiger charge is -2.07. The van der Waals surface area contributed by atoms with E-state index in [0.717, 1.165) is 0 Å². The van der Waals surface area contributed by atoms with Gasteiger partial charge >= 0.3 is 12.0 Å². The third kappa shape index (κ3) is 3.81. The third-order valence-corrected chi connectivity index (χ3v) is 2.50. The molecule has 0 aliphatic rings. The first-order valence-corrected chi connectivity index (χ1v) is 5.35. The molecule has 6 heteroatoms. The lowest BCUT2D eigenvalue weighted by molar-refractivity contribution is 0.0696. The van der Waals surface area contributed by atoms with E-state index in [4.69, 9.17) is 11.5 Å². The minimum Gasteiger partial charge on any atom is -0.478 e. The number of nitrogens with one attached hydrogen (secondary N) is 2. The summed E-state index contributed by atoms with van der Waals surface area (Å²) in [5.41, 5.74) is 0.444. The predicted molar refractivity (Wildman–Crippen MR) is 67.0 cm³/mol. The van der Waals surface area contributed by atoms with Gasteiger partial charge in [-0.2, -0.15) is 0 Å². The van der Waals surface area contributed by atoms with Crippen LogP contribution in [0.5, 0.6) is 0 Å². The quantitative estimate of drug-likeness (QED) is 0.746. The summed E-state index contributed by atoms with van der Waals surface area (Å²) in [6.45, 7) is 0.105. The molecule has 0 aliphatic heterocycles. The number of carbonyl (C=O) groups excluding carboxylic acids is 1. The number of carboxylic acid groups (broad SMARTS) is 1. The average molecular weight is 297 g/mol. The zero-order chi connectivity index (χ0) is 12.8. The summed E-state index contributed by atoms with van der Waals surface area (Å²) in [5, 5.41) is 13.7. The number of terminal acetylenes is 1. The van der Waals surface area contributed by atoms with E-state index in [1.807, 2.05) is 0 Å². The van der Waals surface area contributed by atoms with Gasteiger partial charge in [0.1, 0.15) is 0 Å². The highest BCUT2D eigenvalue weighted by molar-refractivity contribution is 9.10. The summed E-state index contributed by atoms with van der Waals surface area (Å²) < 4.78 is 0.444. The maximum Gasteiger partial charge on any atom is 0.336 e. The molecule has 88 valence electrons. The number of urea groups is 1. The lowest BCUT2D eigenvalue weighted by atomic mass is 10.2. The molecule has 0 unspecified atom stereocenters. The van der Waals surface area contributed by atoms with Gasteiger partial charge < -0.3 is 15.7 Å². The highest BCUT2D eigenvalue weighted by atomic mass is 79.9. The molecule has 3 N–H and O–H groups in total. The van der Waals surface area contributed by atoms with Crippen molar-refractivity contribution in [3.8, 4) is 12.3 Å². The maximum atomic E-state index is 11.3. The Morgan fingerprint density at radius 1 is 1.47 bits per heavy atom. The second kappa shape index (κ2) is 5.92. The molecule has 2 amide bonds. The number of rotatable bonds is 3. The Bertz CT molecular complexity index is 494. The third-order valence-electron chi connectivity index (χ3n) is 1.81. The van der Waals surface area contributed by atoms with E-state index in [1.54, 1.807) is 12.1 Å². The summed E-state index contributed by atoms with van der Waals surface area (Å²) in [5.74, 6) is 1.17. The molecule has 1 aromatic rings. The zero-order valence-electron chi connectivity index (χ0n) is 8.66. The predicted octanol–water partition coefficient (Wildman–Crippen LogP) is 1.90. The van der Waals surface area contributed by atoms with Gasteiger partial charge in [-0.25, -0.2) is 9.59 Å². The largest absolute Gasteiger partial charge is 0.478 e. The standard InChI is InChI=1S/C11H9BrN2O3/c1-2-5-13-11(17)14-7-3-4-9(12)8(6-7)10(15)16/h1,3-4,6H,5H2,(H,15,16)(H2,13,14,17). The number of hydrogen-bond acceptors (Lipinski definition) is 2. The van der Waals surface area contributed by atoms with Crippen LogP contribution in [0.1, 0.15) is 10.4 Å². The number of anilines is 1. The fourth-order valence-electron chi connectivity index (χ4n) is 1.07. The Kier molecular flexibility index (Phi) is 4.55. The summed E-state index contributed by atoms with van der Waals surface area (Å²) in [4.78, 5) is 22.1. The van der Waals surface area contributed by atoms with Crippen molar-refractivity contribution in [3.63, 3.8) is 0 Å². The molecule has 0 fully saturated rings. The van der Waals surface area contributed by atoms with Crippen LogP contribution >= 0.6 is 15.9 Å². The second-order valence-corrected chi connectivity index (χ2v) is 3.87. The molecule has 0 aliphatic carbocycles. The van der Waals surface area contributed by atoms with Crippen molar-refractivity contribution in [1.82, 2.24) is 5.32 Å². The monoisotopic (exact) mass is 296 g/mol. The molecule has 0 spiro atoms. The Hall–Kier alpha value is -2.00. The number of benzene rings is 1. The number of carbonyl (C=O) groups is 2. The van der Waals surface area contributed by atoms with Crippen molar-refractivity contribution in [2.75, 3.05) is 11.9 Å². The summed E-state index contributed by atoms with van der Waals surface area (Å²) in [6, 6.07) is 3.98. The van der Waals surface area contributed by atoms with Crippen molar-refractivity contribution in [3.05, 3.63) is 28.2 Å². The molecule has 0 bridgehead atoms. The lowest BCUT2D eigenvalue weighted by Crippen LogP contribution is -2.28. The van der Waals surface area contributed by atoms with Crippen LogP contribution in [0.2, 0.25) is 0 Å². The Morgan fingerprint density at radius 2 is 2.18 bits per heavy atom. The Morgan fingerprint density at radius 3 is 2.76 bits per heavy atom. The molecule has 1 rings (SSSR count). The van der Waals surface area contributed by atoms with E-state index in [9.17, 15) is 9.59 Å². The van der Waals surface area contributed by atoms with Crippen molar-refractivity contribution in [2.24, 2.45) is 0 Å². The number of halogens is 1. The molecule has 1 aromatic carbocycles. The van der Waals surface area contributed by atoms with E-state index < -0.39 is 12.0 Å². The molecular formula is C11H9BrN2O3. The van der Waals surface area contributed by atoms with Crippen molar-refractivity contribution < 1.29 is 14.7 Å². The zero-order valence-corrected chi connectivity index (χ0v) is 10.2. The normalized spacial score (nSPS) is 9.18. The fourth-order valence-corrected chi connectivity index (χ4v) is 1.49. The molecule has 0 saturated heterocycles.